The van der Waals surface area contributed by atoms with Crippen LogP contribution in [0.1, 0.15) is 46.0 Å². The summed E-state index contributed by atoms with van der Waals surface area (Å²) in [6.07, 6.45) is 21.9. The second-order valence-corrected chi connectivity index (χ2v) is 7.85. The van der Waals surface area contributed by atoms with Gasteiger partial charge in [-0.25, -0.2) is 0 Å². The van der Waals surface area contributed by atoms with Crippen molar-refractivity contribution in [3.05, 3.63) is 47.6 Å². The Hall–Kier alpha value is -1.04. The van der Waals surface area contributed by atoms with Gasteiger partial charge in [-0.15, -0.1) is 0 Å². The van der Waals surface area contributed by atoms with Crippen molar-refractivity contribution in [2.45, 2.75) is 46.0 Å². The number of rotatable bonds is 2. The van der Waals surface area contributed by atoms with Gasteiger partial charge in [0.2, 0.25) is 0 Å². The third kappa shape index (κ3) is 2.18. The minimum atomic E-state index is 0.771. The van der Waals surface area contributed by atoms with E-state index in [-0.39, 0.29) is 0 Å². The van der Waals surface area contributed by atoms with Crippen molar-refractivity contribution < 1.29 is 0 Å². The highest BCUT2D eigenvalue weighted by atomic mass is 14.5. The van der Waals surface area contributed by atoms with Gasteiger partial charge in [0, 0.05) is 0 Å². The first-order valence-electron chi connectivity index (χ1n) is 8.95. The molecule has 4 unspecified atom stereocenters. The molecule has 0 aromatic carbocycles. The van der Waals surface area contributed by atoms with Gasteiger partial charge < -0.3 is 0 Å². The summed E-state index contributed by atoms with van der Waals surface area (Å²) >= 11 is 0. The normalized spacial score (nSPS) is 41.7. The summed E-state index contributed by atoms with van der Waals surface area (Å²) in [6.45, 7) is 4.73. The minimum absolute atomic E-state index is 0.771. The van der Waals surface area contributed by atoms with Crippen LogP contribution in [0.5, 0.6) is 0 Å². The van der Waals surface area contributed by atoms with Gasteiger partial charge in [0.05, 0.1) is 0 Å². The van der Waals surface area contributed by atoms with Crippen LogP contribution in [0.3, 0.4) is 0 Å². The van der Waals surface area contributed by atoms with E-state index in [1.54, 1.807) is 11.1 Å². The fraction of sp³-hybridized carbons (Fsp3) is 0.619. The highest BCUT2D eigenvalue weighted by molar-refractivity contribution is 5.35. The van der Waals surface area contributed by atoms with Gasteiger partial charge in [0.25, 0.3) is 0 Å². The average molecular weight is 280 g/mol. The zero-order valence-corrected chi connectivity index (χ0v) is 13.5. The molecule has 0 aromatic rings. The molecule has 4 aliphatic carbocycles. The molecule has 0 aromatic heterocycles. The van der Waals surface area contributed by atoms with Crippen LogP contribution in [0.15, 0.2) is 47.6 Å². The molecule has 0 N–H and O–H groups in total. The van der Waals surface area contributed by atoms with Crippen LogP contribution < -0.4 is 0 Å². The molecular formula is C21H28. The molecule has 4 aliphatic rings. The van der Waals surface area contributed by atoms with Gasteiger partial charge in [0.1, 0.15) is 0 Å². The molecule has 0 heterocycles. The number of hydrogen-bond acceptors (Lipinski definition) is 0. The number of hydrogen-bond donors (Lipinski definition) is 0. The fourth-order valence-electron chi connectivity index (χ4n) is 5.81. The van der Waals surface area contributed by atoms with Crippen LogP contribution in [0.2, 0.25) is 0 Å². The van der Waals surface area contributed by atoms with Gasteiger partial charge in [0.15, 0.2) is 0 Å². The van der Waals surface area contributed by atoms with E-state index >= 15 is 0 Å². The Morgan fingerprint density at radius 1 is 0.857 bits per heavy atom. The first-order chi connectivity index (χ1) is 10.3. The summed E-state index contributed by atoms with van der Waals surface area (Å²) in [5.74, 6) is 5.00. The topological polar surface area (TPSA) is 0 Å². The van der Waals surface area contributed by atoms with Crippen molar-refractivity contribution in [2.24, 2.45) is 35.5 Å². The van der Waals surface area contributed by atoms with E-state index in [9.17, 15) is 0 Å². The highest BCUT2D eigenvalue weighted by Gasteiger charge is 2.50. The van der Waals surface area contributed by atoms with Crippen molar-refractivity contribution in [2.75, 3.05) is 0 Å². The van der Waals surface area contributed by atoms with Crippen molar-refractivity contribution in [1.82, 2.24) is 0 Å². The van der Waals surface area contributed by atoms with E-state index in [1.807, 2.05) is 0 Å². The standard InChI is InChI=1S/C21H28/c1-14-7-5-11-17-19(13-16-9-3-4-10-16)18-12-6-8-15(2)21(18)20(14)17/h5-8,11-12,16-21H,3-4,9-10,13H2,1-2H3. The number of allylic oxidation sites excluding steroid dienone is 8. The third-order valence-corrected chi connectivity index (χ3v) is 6.72. The lowest BCUT2D eigenvalue weighted by Crippen LogP contribution is -2.21. The molecule has 0 nitrogen and oxygen atoms in total. The summed E-state index contributed by atoms with van der Waals surface area (Å²) in [5.41, 5.74) is 3.24. The molecular weight excluding hydrogens is 252 g/mol. The van der Waals surface area contributed by atoms with Gasteiger partial charge in [-0.05, 0) is 55.8 Å². The molecule has 2 saturated carbocycles. The smallest absolute Gasteiger partial charge is 0.00655 e. The SMILES string of the molecule is CC1=CC=CC2C(CC3CCCC3)C3C=CC=C(C)C3C12. The van der Waals surface area contributed by atoms with Crippen molar-refractivity contribution in [1.29, 1.82) is 0 Å². The molecule has 4 rings (SSSR count). The molecule has 0 heteroatoms. The van der Waals surface area contributed by atoms with Crippen LogP contribution in [0.25, 0.3) is 0 Å². The first kappa shape index (κ1) is 13.6. The summed E-state index contributed by atoms with van der Waals surface area (Å²) in [6, 6.07) is 0. The minimum Gasteiger partial charge on any atom is -0.0805 e. The largest absolute Gasteiger partial charge is 0.0805 e. The van der Waals surface area contributed by atoms with Crippen LogP contribution in [-0.4, -0.2) is 0 Å². The predicted octanol–water partition coefficient (Wildman–Crippen LogP) is 5.69. The predicted molar refractivity (Wildman–Crippen MR) is 89.8 cm³/mol. The molecule has 4 atom stereocenters. The molecule has 0 bridgehead atoms. The van der Waals surface area contributed by atoms with E-state index in [0.29, 0.717) is 0 Å². The van der Waals surface area contributed by atoms with E-state index < -0.39 is 0 Å². The van der Waals surface area contributed by atoms with Crippen LogP contribution in [0.4, 0.5) is 0 Å². The van der Waals surface area contributed by atoms with E-state index in [0.717, 1.165) is 35.5 Å². The van der Waals surface area contributed by atoms with Crippen LogP contribution in [-0.2, 0) is 0 Å². The van der Waals surface area contributed by atoms with E-state index in [2.05, 4.69) is 50.3 Å². The lowest BCUT2D eigenvalue weighted by atomic mass is 9.75. The van der Waals surface area contributed by atoms with Gasteiger partial charge >= 0.3 is 0 Å². The molecule has 0 aliphatic heterocycles. The summed E-state index contributed by atoms with van der Waals surface area (Å²) in [4.78, 5) is 0. The zero-order valence-electron chi connectivity index (χ0n) is 13.5. The third-order valence-electron chi connectivity index (χ3n) is 6.72. The number of fused-ring (bicyclic) bond motifs is 3. The first-order valence-corrected chi connectivity index (χ1v) is 8.95. The Labute approximate surface area is 129 Å². The van der Waals surface area contributed by atoms with E-state index in [4.69, 9.17) is 0 Å². The maximum atomic E-state index is 2.54. The molecule has 112 valence electrons. The quantitative estimate of drug-likeness (QED) is 0.609. The van der Waals surface area contributed by atoms with Gasteiger partial charge in [-0.2, -0.15) is 0 Å². The molecule has 0 amide bonds. The van der Waals surface area contributed by atoms with E-state index in [1.165, 1.54) is 32.1 Å². The Balaban J connectivity index is 1.66. The summed E-state index contributed by atoms with van der Waals surface area (Å²) in [5, 5.41) is 0. The maximum absolute atomic E-state index is 2.54. The molecule has 2 fully saturated rings. The van der Waals surface area contributed by atoms with Crippen molar-refractivity contribution in [3.63, 3.8) is 0 Å². The zero-order chi connectivity index (χ0) is 14.4. The second-order valence-electron chi connectivity index (χ2n) is 7.85. The monoisotopic (exact) mass is 280 g/mol. The summed E-state index contributed by atoms with van der Waals surface area (Å²) in [7, 11) is 0. The van der Waals surface area contributed by atoms with Crippen LogP contribution >= 0.6 is 0 Å². The van der Waals surface area contributed by atoms with Crippen LogP contribution in [0, 0.1) is 35.5 Å². The van der Waals surface area contributed by atoms with Gasteiger partial charge in [-0.1, -0.05) is 73.3 Å². The lowest BCUT2D eigenvalue weighted by Gasteiger charge is -2.29. The Kier molecular flexibility index (Phi) is 3.44. The highest BCUT2D eigenvalue weighted by Crippen LogP contribution is 2.57. The average Bonchev–Trinajstić information content (AvgIpc) is 3.08. The molecule has 0 spiro atoms. The fourth-order valence-corrected chi connectivity index (χ4v) is 5.81. The Morgan fingerprint density at radius 3 is 1.90 bits per heavy atom. The van der Waals surface area contributed by atoms with Gasteiger partial charge in [-0.3, -0.25) is 0 Å². The second kappa shape index (κ2) is 5.30. The summed E-state index contributed by atoms with van der Waals surface area (Å²) < 4.78 is 0. The lowest BCUT2D eigenvalue weighted by molar-refractivity contribution is 0.289. The van der Waals surface area contributed by atoms with Crippen molar-refractivity contribution >= 4 is 0 Å². The van der Waals surface area contributed by atoms with Crippen molar-refractivity contribution in [3.8, 4) is 0 Å². The molecule has 21 heavy (non-hydrogen) atoms. The maximum Gasteiger partial charge on any atom is -0.00655 e. The molecule has 0 saturated heterocycles. The molecule has 0 radical (unpaired) electrons. The Bertz CT molecular complexity index is 484. The Morgan fingerprint density at radius 2 is 1.38 bits per heavy atom.